The summed E-state index contributed by atoms with van der Waals surface area (Å²) in [4.78, 5) is 11.6. The normalized spacial score (nSPS) is 17.6. The van der Waals surface area contributed by atoms with Crippen LogP contribution in [0.3, 0.4) is 0 Å². The van der Waals surface area contributed by atoms with Crippen molar-refractivity contribution in [2.75, 3.05) is 13.1 Å². The van der Waals surface area contributed by atoms with Gasteiger partial charge in [-0.1, -0.05) is 30.3 Å². The molecule has 6 heteroatoms. The van der Waals surface area contributed by atoms with E-state index in [0.29, 0.717) is 18.7 Å². The monoisotopic (exact) mass is 272 g/mol. The number of benzene rings is 1. The molecule has 104 valence electrons. The van der Waals surface area contributed by atoms with Crippen molar-refractivity contribution in [3.05, 3.63) is 35.9 Å². The van der Waals surface area contributed by atoms with Crippen LogP contribution in [0, 0.1) is 5.92 Å². The lowest BCUT2D eigenvalue weighted by atomic mass is 10.0. The molecule has 0 radical (unpaired) electrons. The van der Waals surface area contributed by atoms with E-state index in [4.69, 9.17) is 0 Å². The van der Waals surface area contributed by atoms with Gasteiger partial charge in [0.25, 0.3) is 0 Å². The summed E-state index contributed by atoms with van der Waals surface area (Å²) < 4.78 is 38.8. The van der Waals surface area contributed by atoms with Gasteiger partial charge in [0, 0.05) is 19.5 Å². The third-order valence-electron chi connectivity index (χ3n) is 3.15. The van der Waals surface area contributed by atoms with Gasteiger partial charge in [-0.2, -0.15) is 13.2 Å². The van der Waals surface area contributed by atoms with Crippen LogP contribution < -0.4 is 10.6 Å². The van der Waals surface area contributed by atoms with Crippen LogP contribution in [0.1, 0.15) is 5.56 Å². The molecule has 1 atom stereocenters. The number of halogens is 3. The van der Waals surface area contributed by atoms with Gasteiger partial charge in [-0.3, -0.25) is 4.79 Å². The van der Waals surface area contributed by atoms with E-state index >= 15 is 0 Å². The lowest BCUT2D eigenvalue weighted by molar-refractivity contribution is -0.163. The van der Waals surface area contributed by atoms with E-state index in [1.807, 2.05) is 0 Å². The number of hydrogen-bond acceptors (Lipinski definition) is 2. The number of hydrogen-bond donors (Lipinski definition) is 2. The molecular weight excluding hydrogens is 257 g/mol. The Bertz CT molecular complexity index is 429. The number of rotatable bonds is 4. The van der Waals surface area contributed by atoms with Crippen molar-refractivity contribution in [1.82, 2.24) is 10.6 Å². The van der Waals surface area contributed by atoms with Crippen molar-refractivity contribution in [2.45, 2.75) is 18.6 Å². The van der Waals surface area contributed by atoms with Gasteiger partial charge < -0.3 is 10.6 Å². The van der Waals surface area contributed by atoms with Crippen LogP contribution in [0.5, 0.6) is 0 Å². The predicted octanol–water partition coefficient (Wildman–Crippen LogP) is 1.50. The summed E-state index contributed by atoms with van der Waals surface area (Å²) in [5.41, 5.74) is 0.553. The van der Waals surface area contributed by atoms with Crippen LogP contribution in [0.25, 0.3) is 0 Å². The van der Waals surface area contributed by atoms with Crippen LogP contribution in [-0.4, -0.2) is 31.2 Å². The molecule has 2 N–H and O–H groups in total. The fraction of sp³-hybridized carbons (Fsp3) is 0.462. The van der Waals surface area contributed by atoms with E-state index < -0.39 is 18.1 Å². The van der Waals surface area contributed by atoms with Gasteiger partial charge in [-0.25, -0.2) is 0 Å². The van der Waals surface area contributed by atoms with Crippen molar-refractivity contribution in [3.8, 4) is 0 Å². The van der Waals surface area contributed by atoms with Crippen molar-refractivity contribution in [1.29, 1.82) is 0 Å². The Kier molecular flexibility index (Phi) is 4.09. The summed E-state index contributed by atoms with van der Waals surface area (Å²) in [7, 11) is 0. The van der Waals surface area contributed by atoms with E-state index in [0.717, 1.165) is 0 Å². The van der Waals surface area contributed by atoms with Gasteiger partial charge in [0.1, 0.15) is 6.04 Å². The average Bonchev–Trinajstić information content (AvgIpc) is 2.26. The molecule has 1 amide bonds. The molecule has 0 spiro atoms. The predicted molar refractivity (Wildman–Crippen MR) is 64.5 cm³/mol. The number of alkyl halides is 3. The third kappa shape index (κ3) is 3.70. The minimum atomic E-state index is -4.44. The maximum Gasteiger partial charge on any atom is 0.408 e. The maximum atomic E-state index is 12.9. The largest absolute Gasteiger partial charge is 0.408 e. The molecule has 1 fully saturated rings. The topological polar surface area (TPSA) is 41.1 Å². The number of amides is 1. The van der Waals surface area contributed by atoms with Gasteiger partial charge in [0.05, 0.1) is 5.92 Å². The maximum absolute atomic E-state index is 12.9. The van der Waals surface area contributed by atoms with E-state index in [-0.39, 0.29) is 12.3 Å². The number of carbonyl (C=O) groups is 1. The van der Waals surface area contributed by atoms with Crippen molar-refractivity contribution >= 4 is 5.91 Å². The Morgan fingerprint density at radius 3 is 2.42 bits per heavy atom. The average molecular weight is 272 g/mol. The summed E-state index contributed by atoms with van der Waals surface area (Å²) in [6.45, 7) is 0.892. The van der Waals surface area contributed by atoms with Crippen LogP contribution in [0.4, 0.5) is 13.2 Å². The highest BCUT2D eigenvalue weighted by Crippen LogP contribution is 2.23. The molecule has 1 heterocycles. The molecular formula is C13H15F3N2O. The Hall–Kier alpha value is -1.56. The number of nitrogens with one attached hydrogen (secondary N) is 2. The summed E-state index contributed by atoms with van der Waals surface area (Å²) in [6.07, 6.45) is -4.68. The highest BCUT2D eigenvalue weighted by Gasteiger charge is 2.41. The Labute approximate surface area is 109 Å². The molecule has 1 unspecified atom stereocenters. The van der Waals surface area contributed by atoms with E-state index in [1.165, 1.54) is 0 Å². The van der Waals surface area contributed by atoms with Crippen LogP contribution in [-0.2, 0) is 11.2 Å². The van der Waals surface area contributed by atoms with Gasteiger partial charge in [0.2, 0.25) is 5.91 Å². The Morgan fingerprint density at radius 1 is 1.32 bits per heavy atom. The van der Waals surface area contributed by atoms with Crippen molar-refractivity contribution in [2.24, 2.45) is 5.92 Å². The van der Waals surface area contributed by atoms with Gasteiger partial charge in [-0.15, -0.1) is 0 Å². The first-order valence-corrected chi connectivity index (χ1v) is 6.08. The molecule has 19 heavy (non-hydrogen) atoms. The molecule has 0 aliphatic carbocycles. The summed E-state index contributed by atoms with van der Waals surface area (Å²) in [6, 6.07) is 6.51. The van der Waals surface area contributed by atoms with E-state index in [1.54, 1.807) is 30.3 Å². The quantitative estimate of drug-likeness (QED) is 0.872. The molecule has 0 saturated carbocycles. The Morgan fingerprint density at radius 2 is 1.95 bits per heavy atom. The lowest BCUT2D eigenvalue weighted by Gasteiger charge is -2.29. The first kappa shape index (κ1) is 13.9. The standard InChI is InChI=1S/C13H15F3N2O/c14-13(15,16)11(6-9-4-2-1-3-5-9)18-12(19)10-7-17-8-10/h1-5,10-11,17H,6-8H2,(H,18,19). The zero-order valence-electron chi connectivity index (χ0n) is 10.2. The molecule has 1 aliphatic heterocycles. The summed E-state index contributed by atoms with van der Waals surface area (Å²) >= 11 is 0. The van der Waals surface area contributed by atoms with Crippen LogP contribution >= 0.6 is 0 Å². The fourth-order valence-electron chi connectivity index (χ4n) is 1.86. The molecule has 1 aromatic rings. The zero-order chi connectivity index (χ0) is 13.9. The fourth-order valence-corrected chi connectivity index (χ4v) is 1.86. The van der Waals surface area contributed by atoms with Crippen LogP contribution in [0.15, 0.2) is 30.3 Å². The molecule has 1 saturated heterocycles. The summed E-state index contributed by atoms with van der Waals surface area (Å²) in [5.74, 6) is -0.877. The number of carbonyl (C=O) groups excluding carboxylic acids is 1. The second-order valence-corrected chi connectivity index (χ2v) is 4.65. The molecule has 0 bridgehead atoms. The van der Waals surface area contributed by atoms with E-state index in [9.17, 15) is 18.0 Å². The minimum Gasteiger partial charge on any atom is -0.344 e. The Balaban J connectivity index is 2.01. The third-order valence-corrected chi connectivity index (χ3v) is 3.15. The first-order valence-electron chi connectivity index (χ1n) is 6.08. The lowest BCUT2D eigenvalue weighted by Crippen LogP contribution is -2.56. The highest BCUT2D eigenvalue weighted by molar-refractivity contribution is 5.80. The van der Waals surface area contributed by atoms with Gasteiger partial charge in [-0.05, 0) is 5.56 Å². The van der Waals surface area contributed by atoms with Gasteiger partial charge >= 0.3 is 6.18 Å². The second-order valence-electron chi connectivity index (χ2n) is 4.65. The second kappa shape index (κ2) is 5.61. The van der Waals surface area contributed by atoms with Gasteiger partial charge in [0.15, 0.2) is 0 Å². The molecule has 1 aromatic carbocycles. The molecule has 3 nitrogen and oxygen atoms in total. The highest BCUT2D eigenvalue weighted by atomic mass is 19.4. The SMILES string of the molecule is O=C(NC(Cc1ccccc1)C(F)(F)F)C1CNC1. The smallest absolute Gasteiger partial charge is 0.344 e. The molecule has 0 aromatic heterocycles. The molecule has 2 rings (SSSR count). The van der Waals surface area contributed by atoms with E-state index in [2.05, 4.69) is 10.6 Å². The molecule has 1 aliphatic rings. The first-order chi connectivity index (χ1) is 8.97. The van der Waals surface area contributed by atoms with Crippen molar-refractivity contribution in [3.63, 3.8) is 0 Å². The van der Waals surface area contributed by atoms with Crippen LogP contribution in [0.2, 0.25) is 0 Å². The van der Waals surface area contributed by atoms with Crippen molar-refractivity contribution < 1.29 is 18.0 Å². The minimum absolute atomic E-state index is 0.240. The zero-order valence-corrected chi connectivity index (χ0v) is 10.2. The summed E-state index contributed by atoms with van der Waals surface area (Å²) in [5, 5.41) is 4.97.